The van der Waals surface area contributed by atoms with Crippen LogP contribution in [0.1, 0.15) is 5.56 Å². The molecule has 2 aromatic rings. The van der Waals surface area contributed by atoms with Crippen LogP contribution in [-0.2, 0) is 0 Å². The van der Waals surface area contributed by atoms with Crippen LogP contribution < -0.4 is 11.1 Å². The molecular formula is C14H16N4OS. The van der Waals surface area contributed by atoms with Gasteiger partial charge in [-0.05, 0) is 12.1 Å². The number of rotatable bonds is 1. The Hall–Kier alpha value is -1.81. The third kappa shape index (κ3) is 2.85. The Labute approximate surface area is 121 Å². The van der Waals surface area contributed by atoms with Crippen LogP contribution in [0.2, 0.25) is 0 Å². The number of hydrogen-bond donors (Lipinski definition) is 3. The predicted molar refractivity (Wildman–Crippen MR) is 81.9 cm³/mol. The Morgan fingerprint density at radius 2 is 2.20 bits per heavy atom. The van der Waals surface area contributed by atoms with Crippen LogP contribution in [0.4, 0.5) is 5.13 Å². The molecule has 0 radical (unpaired) electrons. The minimum atomic E-state index is 0.141. The molecule has 1 fully saturated rings. The molecule has 0 amide bonds. The molecule has 0 saturated carbocycles. The molecule has 104 valence electrons. The minimum absolute atomic E-state index is 0.141. The summed E-state index contributed by atoms with van der Waals surface area (Å²) < 4.78 is 0.869. The topological polar surface area (TPSA) is 74.4 Å². The van der Waals surface area contributed by atoms with Crippen LogP contribution in [0, 0.1) is 11.8 Å². The quantitative estimate of drug-likeness (QED) is 0.678. The van der Waals surface area contributed by atoms with E-state index in [2.05, 4.69) is 27.0 Å². The Kier molecular flexibility index (Phi) is 3.74. The van der Waals surface area contributed by atoms with Gasteiger partial charge in [0.05, 0.1) is 11.2 Å². The largest absolute Gasteiger partial charge is 0.506 e. The zero-order valence-corrected chi connectivity index (χ0v) is 11.8. The Bertz CT molecular complexity index is 680. The zero-order valence-electron chi connectivity index (χ0n) is 11.0. The molecule has 0 unspecified atom stereocenters. The normalized spacial score (nSPS) is 16.0. The molecule has 1 saturated heterocycles. The van der Waals surface area contributed by atoms with Crippen LogP contribution in [0.3, 0.4) is 0 Å². The molecule has 0 spiro atoms. The Morgan fingerprint density at radius 3 is 3.00 bits per heavy atom. The molecule has 6 heteroatoms. The summed E-state index contributed by atoms with van der Waals surface area (Å²) in [5, 5.41) is 13.7. The van der Waals surface area contributed by atoms with Gasteiger partial charge in [-0.3, -0.25) is 4.90 Å². The number of aromatic nitrogens is 1. The summed E-state index contributed by atoms with van der Waals surface area (Å²) in [6.45, 7) is 4.86. The van der Waals surface area contributed by atoms with Gasteiger partial charge in [0.15, 0.2) is 5.13 Å². The Morgan fingerprint density at radius 1 is 1.40 bits per heavy atom. The lowest BCUT2D eigenvalue weighted by Crippen LogP contribution is -2.43. The van der Waals surface area contributed by atoms with Crippen molar-refractivity contribution in [2.45, 2.75) is 0 Å². The fourth-order valence-electron chi connectivity index (χ4n) is 2.22. The number of aromatic hydroxyl groups is 1. The van der Waals surface area contributed by atoms with Crippen LogP contribution in [-0.4, -0.2) is 47.7 Å². The van der Waals surface area contributed by atoms with Gasteiger partial charge in [0.1, 0.15) is 11.3 Å². The summed E-state index contributed by atoms with van der Waals surface area (Å²) in [4.78, 5) is 6.40. The molecule has 0 atom stereocenters. The second-order valence-corrected chi connectivity index (χ2v) is 5.78. The Balaban J connectivity index is 1.77. The van der Waals surface area contributed by atoms with Crippen molar-refractivity contribution in [2.75, 3.05) is 38.5 Å². The van der Waals surface area contributed by atoms with Gasteiger partial charge in [-0.25, -0.2) is 4.98 Å². The molecule has 2 heterocycles. The number of phenolic OH excluding ortho intramolecular Hbond substituents is 1. The number of nitrogen functional groups attached to an aromatic ring is 1. The van der Waals surface area contributed by atoms with Gasteiger partial charge in [-0.15, -0.1) is 0 Å². The molecule has 1 aromatic carbocycles. The van der Waals surface area contributed by atoms with E-state index in [9.17, 15) is 5.11 Å². The number of thiazole rings is 1. The van der Waals surface area contributed by atoms with Gasteiger partial charge in [-0.1, -0.05) is 23.2 Å². The maximum atomic E-state index is 9.92. The number of phenols is 1. The number of hydrogen-bond acceptors (Lipinski definition) is 6. The number of anilines is 1. The highest BCUT2D eigenvalue weighted by Gasteiger charge is 2.08. The molecule has 0 bridgehead atoms. The molecule has 3 rings (SSSR count). The van der Waals surface area contributed by atoms with E-state index in [1.807, 2.05) is 6.07 Å². The molecular weight excluding hydrogens is 272 g/mol. The number of nitrogens with zero attached hydrogens (tertiary/aromatic N) is 2. The van der Waals surface area contributed by atoms with Gasteiger partial charge in [0, 0.05) is 31.7 Å². The number of nitrogens with one attached hydrogen (secondary N) is 1. The second kappa shape index (κ2) is 5.67. The van der Waals surface area contributed by atoms with E-state index in [-0.39, 0.29) is 5.75 Å². The summed E-state index contributed by atoms with van der Waals surface area (Å²) in [5.41, 5.74) is 7.01. The third-order valence-electron chi connectivity index (χ3n) is 3.24. The number of piperazine rings is 1. The van der Waals surface area contributed by atoms with Crippen LogP contribution in [0.15, 0.2) is 12.1 Å². The average Bonchev–Trinajstić information content (AvgIpc) is 2.81. The predicted octanol–water partition coefficient (Wildman–Crippen LogP) is 0.841. The maximum Gasteiger partial charge on any atom is 0.181 e. The van der Waals surface area contributed by atoms with Crippen molar-refractivity contribution in [2.24, 2.45) is 0 Å². The van der Waals surface area contributed by atoms with Crippen LogP contribution in [0.5, 0.6) is 5.75 Å². The van der Waals surface area contributed by atoms with Crippen molar-refractivity contribution < 1.29 is 5.11 Å². The van der Waals surface area contributed by atoms with Crippen molar-refractivity contribution >= 4 is 26.7 Å². The van der Waals surface area contributed by atoms with E-state index in [0.717, 1.165) is 43.0 Å². The van der Waals surface area contributed by atoms with Gasteiger partial charge in [0.2, 0.25) is 0 Å². The van der Waals surface area contributed by atoms with E-state index in [4.69, 9.17) is 5.73 Å². The first kappa shape index (κ1) is 13.2. The fourth-order valence-corrected chi connectivity index (χ4v) is 3.02. The molecule has 1 aliphatic rings. The summed E-state index contributed by atoms with van der Waals surface area (Å²) in [6, 6.07) is 3.57. The summed E-state index contributed by atoms with van der Waals surface area (Å²) in [5.74, 6) is 6.40. The molecule has 1 aromatic heterocycles. The average molecular weight is 288 g/mol. The highest BCUT2D eigenvalue weighted by Crippen LogP contribution is 2.31. The number of nitrogens with two attached hydrogens (primary N) is 1. The van der Waals surface area contributed by atoms with Crippen molar-refractivity contribution in [3.05, 3.63) is 17.7 Å². The van der Waals surface area contributed by atoms with Crippen molar-refractivity contribution in [1.29, 1.82) is 0 Å². The number of fused-ring (bicyclic) bond motifs is 1. The van der Waals surface area contributed by atoms with Gasteiger partial charge in [0.25, 0.3) is 0 Å². The first-order chi connectivity index (χ1) is 9.72. The number of benzene rings is 1. The molecule has 4 N–H and O–H groups in total. The SMILES string of the molecule is Nc1nc2c(O)cc(C#CCN3CCNCC3)cc2s1. The first-order valence-electron chi connectivity index (χ1n) is 6.53. The van der Waals surface area contributed by atoms with E-state index in [1.54, 1.807) is 6.07 Å². The fraction of sp³-hybridized carbons (Fsp3) is 0.357. The molecule has 0 aliphatic carbocycles. The van der Waals surface area contributed by atoms with E-state index >= 15 is 0 Å². The molecule has 1 aliphatic heterocycles. The smallest absolute Gasteiger partial charge is 0.181 e. The van der Waals surface area contributed by atoms with Crippen molar-refractivity contribution in [3.8, 4) is 17.6 Å². The van der Waals surface area contributed by atoms with Crippen molar-refractivity contribution in [3.63, 3.8) is 0 Å². The summed E-state index contributed by atoms with van der Waals surface area (Å²) >= 11 is 1.36. The first-order valence-corrected chi connectivity index (χ1v) is 7.35. The van der Waals surface area contributed by atoms with E-state index in [1.165, 1.54) is 11.3 Å². The molecule has 5 nitrogen and oxygen atoms in total. The molecule has 20 heavy (non-hydrogen) atoms. The van der Waals surface area contributed by atoms with Crippen molar-refractivity contribution in [1.82, 2.24) is 15.2 Å². The highest BCUT2D eigenvalue weighted by molar-refractivity contribution is 7.22. The summed E-state index contributed by atoms with van der Waals surface area (Å²) in [7, 11) is 0. The second-order valence-electron chi connectivity index (χ2n) is 4.72. The van der Waals surface area contributed by atoms with Gasteiger partial charge >= 0.3 is 0 Å². The zero-order chi connectivity index (χ0) is 13.9. The summed E-state index contributed by atoms with van der Waals surface area (Å²) in [6.07, 6.45) is 0. The third-order valence-corrected chi connectivity index (χ3v) is 4.07. The minimum Gasteiger partial charge on any atom is -0.506 e. The highest BCUT2D eigenvalue weighted by atomic mass is 32.1. The van der Waals surface area contributed by atoms with E-state index in [0.29, 0.717) is 10.6 Å². The standard InChI is InChI=1S/C14H16N4OS/c15-14-17-13-11(19)8-10(9-12(13)20-14)2-1-5-18-6-3-16-4-7-18/h8-9,16,19H,3-7H2,(H2,15,17). The van der Waals surface area contributed by atoms with E-state index < -0.39 is 0 Å². The lowest BCUT2D eigenvalue weighted by Gasteiger charge is -2.24. The van der Waals surface area contributed by atoms with Crippen LogP contribution in [0.25, 0.3) is 10.2 Å². The lowest BCUT2D eigenvalue weighted by atomic mass is 10.2. The van der Waals surface area contributed by atoms with Gasteiger partial charge < -0.3 is 16.2 Å². The maximum absolute atomic E-state index is 9.92. The van der Waals surface area contributed by atoms with Gasteiger partial charge in [-0.2, -0.15) is 0 Å². The lowest BCUT2D eigenvalue weighted by molar-refractivity contribution is 0.268. The van der Waals surface area contributed by atoms with Crippen LogP contribution >= 0.6 is 11.3 Å². The monoisotopic (exact) mass is 288 g/mol.